The van der Waals surface area contributed by atoms with Gasteiger partial charge in [-0.2, -0.15) is 0 Å². The zero-order valence-electron chi connectivity index (χ0n) is 15.7. The van der Waals surface area contributed by atoms with E-state index in [1.165, 1.54) is 0 Å². The van der Waals surface area contributed by atoms with Gasteiger partial charge >= 0.3 is 5.97 Å². The van der Waals surface area contributed by atoms with E-state index in [1.54, 1.807) is 0 Å². The standard InChI is InChI=1S/C20H32N2O4/c23-18(24)10-9-15-6-5-13-22(14-15)20(26)17-8-2-1-7-16(17)19(25)21-11-3-4-12-21/h15-17H,1-14H2,(H,23,24). The molecule has 0 aromatic rings. The third-order valence-corrected chi connectivity index (χ3v) is 6.42. The van der Waals surface area contributed by atoms with Gasteiger partial charge in [0.15, 0.2) is 0 Å². The van der Waals surface area contributed by atoms with E-state index in [9.17, 15) is 14.4 Å². The van der Waals surface area contributed by atoms with Crippen molar-refractivity contribution in [2.45, 2.75) is 64.2 Å². The maximum absolute atomic E-state index is 13.2. The second-order valence-corrected chi connectivity index (χ2v) is 8.25. The van der Waals surface area contributed by atoms with Crippen LogP contribution in [0.2, 0.25) is 0 Å². The first-order chi connectivity index (χ1) is 12.6. The Morgan fingerprint density at radius 2 is 1.35 bits per heavy atom. The lowest BCUT2D eigenvalue weighted by molar-refractivity contribution is -0.149. The van der Waals surface area contributed by atoms with Crippen LogP contribution in [0.1, 0.15) is 64.2 Å². The molecule has 6 heteroatoms. The van der Waals surface area contributed by atoms with E-state index in [0.29, 0.717) is 13.0 Å². The van der Waals surface area contributed by atoms with Crippen molar-refractivity contribution in [3.8, 4) is 0 Å². The summed E-state index contributed by atoms with van der Waals surface area (Å²) in [5.41, 5.74) is 0. The summed E-state index contributed by atoms with van der Waals surface area (Å²) in [4.78, 5) is 40.8. The minimum Gasteiger partial charge on any atom is -0.481 e. The highest BCUT2D eigenvalue weighted by molar-refractivity contribution is 5.88. The molecule has 0 aromatic heterocycles. The predicted molar refractivity (Wildman–Crippen MR) is 97.4 cm³/mol. The van der Waals surface area contributed by atoms with Crippen LogP contribution in [0.4, 0.5) is 0 Å². The molecule has 146 valence electrons. The zero-order valence-corrected chi connectivity index (χ0v) is 15.7. The Bertz CT molecular complexity index is 530. The minimum atomic E-state index is -0.767. The number of amides is 2. The maximum Gasteiger partial charge on any atom is 0.303 e. The molecule has 26 heavy (non-hydrogen) atoms. The highest BCUT2D eigenvalue weighted by Gasteiger charge is 2.40. The summed E-state index contributed by atoms with van der Waals surface area (Å²) >= 11 is 0. The van der Waals surface area contributed by atoms with E-state index in [2.05, 4.69) is 0 Å². The van der Waals surface area contributed by atoms with E-state index in [1.807, 2.05) is 9.80 Å². The molecule has 0 bridgehead atoms. The molecule has 0 spiro atoms. The van der Waals surface area contributed by atoms with Gasteiger partial charge in [-0.3, -0.25) is 14.4 Å². The lowest BCUT2D eigenvalue weighted by atomic mass is 9.77. The van der Waals surface area contributed by atoms with Gasteiger partial charge in [0.2, 0.25) is 11.8 Å². The number of carboxylic acids is 1. The van der Waals surface area contributed by atoms with Gasteiger partial charge in [-0.05, 0) is 50.9 Å². The van der Waals surface area contributed by atoms with Crippen molar-refractivity contribution < 1.29 is 19.5 Å². The molecule has 3 unspecified atom stereocenters. The van der Waals surface area contributed by atoms with Crippen molar-refractivity contribution in [1.29, 1.82) is 0 Å². The van der Waals surface area contributed by atoms with Crippen molar-refractivity contribution >= 4 is 17.8 Å². The summed E-state index contributed by atoms with van der Waals surface area (Å²) in [6, 6.07) is 0. The number of carbonyl (C=O) groups is 3. The van der Waals surface area contributed by atoms with Gasteiger partial charge in [-0.15, -0.1) is 0 Å². The van der Waals surface area contributed by atoms with E-state index in [-0.39, 0.29) is 36.0 Å². The van der Waals surface area contributed by atoms with E-state index < -0.39 is 5.97 Å². The van der Waals surface area contributed by atoms with Gasteiger partial charge in [0.05, 0.1) is 0 Å². The zero-order chi connectivity index (χ0) is 18.5. The van der Waals surface area contributed by atoms with Crippen LogP contribution in [0.15, 0.2) is 0 Å². The average Bonchev–Trinajstić information content (AvgIpc) is 3.20. The fourth-order valence-electron chi connectivity index (χ4n) is 4.96. The molecular formula is C20H32N2O4. The van der Waals surface area contributed by atoms with Gasteiger partial charge in [0.25, 0.3) is 0 Å². The summed E-state index contributed by atoms with van der Waals surface area (Å²) in [7, 11) is 0. The highest BCUT2D eigenvalue weighted by atomic mass is 16.4. The normalized spacial score (nSPS) is 29.6. The Labute approximate surface area is 155 Å². The van der Waals surface area contributed by atoms with E-state index >= 15 is 0 Å². The van der Waals surface area contributed by atoms with Crippen LogP contribution in [0.5, 0.6) is 0 Å². The first-order valence-electron chi connectivity index (χ1n) is 10.4. The van der Waals surface area contributed by atoms with Crippen LogP contribution >= 0.6 is 0 Å². The van der Waals surface area contributed by atoms with Crippen molar-refractivity contribution in [2.24, 2.45) is 17.8 Å². The smallest absolute Gasteiger partial charge is 0.303 e. The molecule has 0 radical (unpaired) electrons. The Balaban J connectivity index is 1.62. The molecule has 1 N–H and O–H groups in total. The molecule has 2 amide bonds. The molecule has 2 saturated heterocycles. The second kappa shape index (κ2) is 8.87. The van der Waals surface area contributed by atoms with Crippen LogP contribution in [0.25, 0.3) is 0 Å². The molecule has 1 saturated carbocycles. The minimum absolute atomic E-state index is 0.141. The number of nitrogens with zero attached hydrogens (tertiary/aromatic N) is 2. The van der Waals surface area contributed by atoms with Gasteiger partial charge < -0.3 is 14.9 Å². The molecule has 2 aliphatic heterocycles. The van der Waals surface area contributed by atoms with Crippen molar-refractivity contribution in [3.05, 3.63) is 0 Å². The van der Waals surface area contributed by atoms with Crippen molar-refractivity contribution in [3.63, 3.8) is 0 Å². The largest absolute Gasteiger partial charge is 0.481 e. The number of carboxylic acid groups (broad SMARTS) is 1. The van der Waals surface area contributed by atoms with Crippen LogP contribution in [0, 0.1) is 17.8 Å². The topological polar surface area (TPSA) is 77.9 Å². The second-order valence-electron chi connectivity index (χ2n) is 8.25. The Hall–Kier alpha value is -1.59. The van der Waals surface area contributed by atoms with Crippen LogP contribution < -0.4 is 0 Å². The monoisotopic (exact) mass is 364 g/mol. The van der Waals surface area contributed by atoms with Gasteiger partial charge in [0.1, 0.15) is 0 Å². The third kappa shape index (κ3) is 4.57. The lowest BCUT2D eigenvalue weighted by Crippen LogP contribution is -2.48. The molecule has 3 atom stereocenters. The third-order valence-electron chi connectivity index (χ3n) is 6.42. The number of hydrogen-bond acceptors (Lipinski definition) is 3. The first kappa shape index (κ1) is 19.2. The summed E-state index contributed by atoms with van der Waals surface area (Å²) in [5.74, 6) is -0.469. The molecule has 0 aromatic carbocycles. The average molecular weight is 364 g/mol. The summed E-state index contributed by atoms with van der Waals surface area (Å²) in [5, 5.41) is 8.90. The Kier molecular flexibility index (Phi) is 6.54. The number of carbonyl (C=O) groups excluding carboxylic acids is 2. The molecular weight excluding hydrogens is 332 g/mol. The van der Waals surface area contributed by atoms with E-state index in [0.717, 1.165) is 71.0 Å². The number of rotatable bonds is 5. The van der Waals surface area contributed by atoms with Gasteiger partial charge in [0, 0.05) is 44.4 Å². The maximum atomic E-state index is 13.2. The summed E-state index contributed by atoms with van der Waals surface area (Å²) in [6.07, 6.45) is 8.62. The Morgan fingerprint density at radius 3 is 1.96 bits per heavy atom. The number of hydrogen-bond donors (Lipinski definition) is 1. The van der Waals surface area contributed by atoms with Gasteiger partial charge in [-0.1, -0.05) is 12.8 Å². The molecule has 3 rings (SSSR count). The fraction of sp³-hybridized carbons (Fsp3) is 0.850. The van der Waals surface area contributed by atoms with Gasteiger partial charge in [-0.25, -0.2) is 0 Å². The Morgan fingerprint density at radius 1 is 0.769 bits per heavy atom. The lowest BCUT2D eigenvalue weighted by Gasteiger charge is -2.39. The SMILES string of the molecule is O=C(O)CCC1CCCN(C(=O)C2CCCCC2C(=O)N2CCCC2)C1. The molecule has 6 nitrogen and oxygen atoms in total. The fourth-order valence-corrected chi connectivity index (χ4v) is 4.96. The molecule has 1 aliphatic carbocycles. The van der Waals surface area contributed by atoms with Crippen LogP contribution in [0.3, 0.4) is 0 Å². The number of likely N-dealkylation sites (tertiary alicyclic amines) is 2. The molecule has 3 fully saturated rings. The van der Waals surface area contributed by atoms with Crippen LogP contribution in [-0.2, 0) is 14.4 Å². The first-order valence-corrected chi connectivity index (χ1v) is 10.4. The summed E-state index contributed by atoms with van der Waals surface area (Å²) in [6.45, 7) is 3.10. The van der Waals surface area contributed by atoms with Crippen molar-refractivity contribution in [1.82, 2.24) is 9.80 Å². The van der Waals surface area contributed by atoms with Crippen molar-refractivity contribution in [2.75, 3.05) is 26.2 Å². The van der Waals surface area contributed by atoms with E-state index in [4.69, 9.17) is 5.11 Å². The summed E-state index contributed by atoms with van der Waals surface area (Å²) < 4.78 is 0. The number of aliphatic carboxylic acids is 1. The molecule has 3 aliphatic rings. The quantitative estimate of drug-likeness (QED) is 0.813. The highest BCUT2D eigenvalue weighted by Crippen LogP contribution is 2.35. The van der Waals surface area contributed by atoms with Crippen LogP contribution in [-0.4, -0.2) is 58.9 Å². The molecule has 2 heterocycles. The number of piperidine rings is 1. The predicted octanol–water partition coefficient (Wildman–Crippen LogP) is 2.52.